The molecule has 5 nitrogen and oxygen atoms in total. The highest BCUT2D eigenvalue weighted by molar-refractivity contribution is 9.10. The second kappa shape index (κ2) is 7.07. The van der Waals surface area contributed by atoms with Crippen LogP contribution in [-0.2, 0) is 11.5 Å². The predicted octanol–water partition coefficient (Wildman–Crippen LogP) is 4.51. The quantitative estimate of drug-likeness (QED) is 0.461. The fraction of sp³-hybridized carbons (Fsp3) is 0.375. The van der Waals surface area contributed by atoms with E-state index in [4.69, 9.17) is 16.3 Å². The Hall–Kier alpha value is -1.02. The van der Waals surface area contributed by atoms with Crippen LogP contribution in [0.4, 0.5) is 0 Å². The molecule has 0 aromatic carbocycles. The van der Waals surface area contributed by atoms with Crippen molar-refractivity contribution in [1.29, 1.82) is 0 Å². The van der Waals surface area contributed by atoms with Crippen LogP contribution in [0, 0.1) is 0 Å². The molecular formula is C16H20BrClN4OS. The van der Waals surface area contributed by atoms with E-state index < -0.39 is 10.0 Å². The standard InChI is InChI=1S/C16H20BrClN4OS/c1-24(2,3)5-4-23-10-22-9-13(16(18)21-22)12-7-19-14-8-20-15(17)6-11(12)14/h6-9,19H,4-5,10H2,1-3H3. The number of rotatable bonds is 6. The zero-order valence-electron chi connectivity index (χ0n) is 13.8. The second-order valence-corrected chi connectivity index (χ2v) is 12.2. The lowest BCUT2D eigenvalue weighted by Crippen LogP contribution is -2.10. The first-order valence-electron chi connectivity index (χ1n) is 7.43. The first kappa shape index (κ1) is 17.8. The highest BCUT2D eigenvalue weighted by Gasteiger charge is 2.14. The number of aromatic amines is 1. The zero-order chi connectivity index (χ0) is 17.3. The summed E-state index contributed by atoms with van der Waals surface area (Å²) < 4.78 is 8.25. The Kier molecular flexibility index (Phi) is 5.24. The van der Waals surface area contributed by atoms with E-state index in [0.717, 1.165) is 39.0 Å². The van der Waals surface area contributed by atoms with E-state index in [-0.39, 0.29) is 0 Å². The fourth-order valence-electron chi connectivity index (χ4n) is 2.33. The molecule has 0 aliphatic carbocycles. The molecule has 0 unspecified atom stereocenters. The first-order chi connectivity index (χ1) is 11.3. The molecule has 130 valence electrons. The number of pyridine rings is 1. The van der Waals surface area contributed by atoms with Gasteiger partial charge in [0.2, 0.25) is 0 Å². The summed E-state index contributed by atoms with van der Waals surface area (Å²) in [6.45, 7) is 1.14. The molecule has 1 N–H and O–H groups in total. The lowest BCUT2D eigenvalue weighted by atomic mass is 10.1. The van der Waals surface area contributed by atoms with Gasteiger partial charge in [-0.3, -0.25) is 0 Å². The molecule has 3 heterocycles. The molecule has 0 radical (unpaired) electrons. The van der Waals surface area contributed by atoms with E-state index in [0.29, 0.717) is 11.9 Å². The number of halogens is 2. The summed E-state index contributed by atoms with van der Waals surface area (Å²) in [5.74, 6) is 1.08. The highest BCUT2D eigenvalue weighted by atomic mass is 79.9. The monoisotopic (exact) mass is 430 g/mol. The summed E-state index contributed by atoms with van der Waals surface area (Å²) in [6.07, 6.45) is 12.5. The van der Waals surface area contributed by atoms with Crippen LogP contribution >= 0.6 is 37.6 Å². The van der Waals surface area contributed by atoms with Crippen LogP contribution in [0.3, 0.4) is 0 Å². The van der Waals surface area contributed by atoms with Crippen molar-refractivity contribution >= 4 is 48.5 Å². The van der Waals surface area contributed by atoms with Gasteiger partial charge in [-0.05, 0) is 40.8 Å². The summed E-state index contributed by atoms with van der Waals surface area (Å²) in [4.78, 5) is 7.44. The van der Waals surface area contributed by atoms with E-state index in [1.54, 1.807) is 10.9 Å². The highest BCUT2D eigenvalue weighted by Crippen LogP contribution is 2.34. The van der Waals surface area contributed by atoms with Crippen LogP contribution in [-0.4, -0.2) is 50.9 Å². The number of H-pyrrole nitrogens is 1. The van der Waals surface area contributed by atoms with Crippen LogP contribution in [0.5, 0.6) is 0 Å². The van der Waals surface area contributed by atoms with E-state index in [2.05, 4.69) is 49.8 Å². The third kappa shape index (κ3) is 4.14. The van der Waals surface area contributed by atoms with Gasteiger partial charge in [-0.1, -0.05) is 11.6 Å². The smallest absolute Gasteiger partial charge is 0.159 e. The molecule has 0 atom stereocenters. The van der Waals surface area contributed by atoms with Crippen molar-refractivity contribution in [2.24, 2.45) is 0 Å². The fourth-order valence-corrected chi connectivity index (χ4v) is 3.53. The van der Waals surface area contributed by atoms with Crippen molar-refractivity contribution in [2.75, 3.05) is 31.1 Å². The van der Waals surface area contributed by atoms with Gasteiger partial charge in [0.25, 0.3) is 0 Å². The van der Waals surface area contributed by atoms with Crippen LogP contribution in [0.2, 0.25) is 5.15 Å². The molecule has 0 aliphatic rings. The van der Waals surface area contributed by atoms with E-state index in [9.17, 15) is 0 Å². The number of nitrogens with zero attached hydrogens (tertiary/aromatic N) is 3. The van der Waals surface area contributed by atoms with Crippen LogP contribution in [0.1, 0.15) is 0 Å². The Morgan fingerprint density at radius 1 is 1.33 bits per heavy atom. The lowest BCUT2D eigenvalue weighted by Gasteiger charge is -2.24. The Labute approximate surface area is 156 Å². The van der Waals surface area contributed by atoms with Crippen molar-refractivity contribution in [3.63, 3.8) is 0 Å². The molecule has 3 aromatic rings. The molecule has 8 heteroatoms. The minimum atomic E-state index is -0.541. The van der Waals surface area contributed by atoms with E-state index >= 15 is 0 Å². The van der Waals surface area contributed by atoms with Crippen molar-refractivity contribution in [3.05, 3.63) is 34.4 Å². The molecule has 0 bridgehead atoms. The predicted molar refractivity (Wildman–Crippen MR) is 106 cm³/mol. The Morgan fingerprint density at radius 3 is 2.88 bits per heavy atom. The number of nitrogens with one attached hydrogen (secondary N) is 1. The lowest BCUT2D eigenvalue weighted by molar-refractivity contribution is 0.0810. The molecule has 24 heavy (non-hydrogen) atoms. The minimum Gasteiger partial charge on any atom is -0.359 e. The average molecular weight is 432 g/mol. The van der Waals surface area contributed by atoms with Crippen molar-refractivity contribution in [3.8, 4) is 11.1 Å². The molecule has 3 aromatic heterocycles. The summed E-state index contributed by atoms with van der Waals surface area (Å²) >= 11 is 9.75. The van der Waals surface area contributed by atoms with Gasteiger partial charge in [-0.2, -0.15) is 5.10 Å². The van der Waals surface area contributed by atoms with Crippen LogP contribution in [0.15, 0.2) is 29.3 Å². The third-order valence-corrected chi connectivity index (χ3v) is 5.71. The summed E-state index contributed by atoms with van der Waals surface area (Å²) in [6, 6.07) is 1.97. The maximum atomic E-state index is 6.34. The number of aromatic nitrogens is 4. The summed E-state index contributed by atoms with van der Waals surface area (Å²) in [5, 5.41) is 5.87. The van der Waals surface area contributed by atoms with Gasteiger partial charge < -0.3 is 9.72 Å². The van der Waals surface area contributed by atoms with E-state index in [1.807, 2.05) is 18.5 Å². The van der Waals surface area contributed by atoms with Gasteiger partial charge >= 0.3 is 0 Å². The number of ether oxygens (including phenoxy) is 1. The number of fused-ring (bicyclic) bond motifs is 1. The van der Waals surface area contributed by atoms with Gasteiger partial charge in [0.05, 0.1) is 18.3 Å². The topological polar surface area (TPSA) is 55.7 Å². The van der Waals surface area contributed by atoms with Crippen molar-refractivity contribution in [1.82, 2.24) is 19.7 Å². The molecule has 0 saturated heterocycles. The summed E-state index contributed by atoms with van der Waals surface area (Å²) in [7, 11) is -0.541. The SMILES string of the molecule is CS(C)(C)CCOCn1cc(-c2c[nH]c3cnc(Br)cc23)c(Cl)n1. The molecule has 0 fully saturated rings. The zero-order valence-corrected chi connectivity index (χ0v) is 17.0. The van der Waals surface area contributed by atoms with Gasteiger partial charge in [-0.25, -0.2) is 19.7 Å². The Bertz CT molecular complexity index is 855. The molecule has 0 spiro atoms. The largest absolute Gasteiger partial charge is 0.359 e. The first-order valence-corrected chi connectivity index (χ1v) is 11.6. The minimum absolute atomic E-state index is 0.406. The van der Waals surface area contributed by atoms with Gasteiger partial charge in [0.15, 0.2) is 5.15 Å². The van der Waals surface area contributed by atoms with Crippen molar-refractivity contribution < 1.29 is 4.74 Å². The molecular weight excluding hydrogens is 412 g/mol. The maximum Gasteiger partial charge on any atom is 0.159 e. The number of hydrogen-bond donors (Lipinski definition) is 1. The maximum absolute atomic E-state index is 6.34. The molecule has 0 saturated carbocycles. The molecule has 3 rings (SSSR count). The van der Waals surface area contributed by atoms with Gasteiger partial charge in [-0.15, -0.1) is 0 Å². The molecule has 0 amide bonds. The van der Waals surface area contributed by atoms with Crippen molar-refractivity contribution in [2.45, 2.75) is 6.73 Å². The van der Waals surface area contributed by atoms with E-state index in [1.165, 1.54) is 0 Å². The normalized spacial score (nSPS) is 12.9. The van der Waals surface area contributed by atoms with Gasteiger partial charge in [0, 0.05) is 34.7 Å². The van der Waals surface area contributed by atoms with Crippen LogP contribution < -0.4 is 0 Å². The Morgan fingerprint density at radius 2 is 2.12 bits per heavy atom. The summed E-state index contributed by atoms with van der Waals surface area (Å²) in [5.41, 5.74) is 2.84. The van der Waals surface area contributed by atoms with Crippen LogP contribution in [0.25, 0.3) is 22.0 Å². The second-order valence-electron chi connectivity index (χ2n) is 6.46. The third-order valence-electron chi connectivity index (χ3n) is 3.60. The average Bonchev–Trinajstić information content (AvgIpc) is 3.05. The molecule has 0 aliphatic heterocycles. The Balaban J connectivity index is 1.77. The van der Waals surface area contributed by atoms with Gasteiger partial charge in [0.1, 0.15) is 11.3 Å². The number of hydrogen-bond acceptors (Lipinski definition) is 3.